The fourth-order valence-electron chi connectivity index (χ4n) is 2.17. The van der Waals surface area contributed by atoms with E-state index in [1.54, 1.807) is 0 Å². The average molecular weight is 279 g/mol. The summed E-state index contributed by atoms with van der Waals surface area (Å²) in [4.78, 5) is 18.6. The number of hydrogen-bond acceptors (Lipinski definition) is 4. The van der Waals surface area contributed by atoms with Gasteiger partial charge in [-0.2, -0.15) is 0 Å². The van der Waals surface area contributed by atoms with Gasteiger partial charge in [-0.15, -0.1) is 0 Å². The second kappa shape index (κ2) is 6.74. The predicted molar refractivity (Wildman–Crippen MR) is 80.0 cm³/mol. The summed E-state index contributed by atoms with van der Waals surface area (Å²) in [5.74, 6) is 0.724. The minimum Gasteiger partial charge on any atom is -0.356 e. The highest BCUT2D eigenvalue weighted by molar-refractivity contribution is 5.92. The van der Waals surface area contributed by atoms with Crippen LogP contribution in [0.4, 0.5) is 5.95 Å². The van der Waals surface area contributed by atoms with E-state index in [-0.39, 0.29) is 5.91 Å². The van der Waals surface area contributed by atoms with Crippen molar-refractivity contribution < 1.29 is 4.79 Å². The monoisotopic (exact) mass is 279 g/mol. The molecule has 1 aromatic rings. The maximum absolute atomic E-state index is 12.0. The lowest BCUT2D eigenvalue weighted by Gasteiger charge is -2.20. The quantitative estimate of drug-likeness (QED) is 0.767. The largest absolute Gasteiger partial charge is 0.356 e. The highest BCUT2D eigenvalue weighted by Crippen LogP contribution is 2.13. The van der Waals surface area contributed by atoms with Crippen LogP contribution in [0.15, 0.2) is 6.20 Å². The molecule has 0 fully saturated rings. The van der Waals surface area contributed by atoms with Crippen LogP contribution in [0.5, 0.6) is 0 Å². The van der Waals surface area contributed by atoms with Crippen molar-refractivity contribution in [2.45, 2.75) is 39.3 Å². The highest BCUT2D eigenvalue weighted by atomic mass is 16.1. The second-order valence-corrected chi connectivity index (χ2v) is 5.61. The standard InChI is InChI=1S/C14H25N5O/c1-11(2)18(3)8-4-6-15-13(20)12-10-19-9-5-7-16-14(19)17-12/h10-11H,4-9H2,1-3H3,(H,15,20)(H,16,17). The predicted octanol–water partition coefficient (Wildman–Crippen LogP) is 1.16. The van der Waals surface area contributed by atoms with E-state index in [4.69, 9.17) is 0 Å². The minimum absolute atomic E-state index is 0.0825. The number of aryl methyl sites for hydroxylation is 1. The molecule has 0 saturated carbocycles. The van der Waals surface area contributed by atoms with Gasteiger partial charge in [-0.25, -0.2) is 4.98 Å². The Balaban J connectivity index is 1.76. The third-order valence-corrected chi connectivity index (χ3v) is 3.72. The van der Waals surface area contributed by atoms with Gasteiger partial charge in [0.2, 0.25) is 5.95 Å². The summed E-state index contributed by atoms with van der Waals surface area (Å²) in [7, 11) is 2.10. The normalized spacial score (nSPS) is 14.2. The van der Waals surface area contributed by atoms with Crippen molar-refractivity contribution in [3.63, 3.8) is 0 Å². The Hall–Kier alpha value is -1.56. The molecular formula is C14H25N5O. The van der Waals surface area contributed by atoms with E-state index >= 15 is 0 Å². The summed E-state index contributed by atoms with van der Waals surface area (Å²) >= 11 is 0. The first-order chi connectivity index (χ1) is 9.58. The first-order valence-electron chi connectivity index (χ1n) is 7.37. The molecule has 112 valence electrons. The van der Waals surface area contributed by atoms with Gasteiger partial charge in [0.15, 0.2) is 0 Å². The van der Waals surface area contributed by atoms with Gasteiger partial charge in [0.05, 0.1) is 0 Å². The van der Waals surface area contributed by atoms with E-state index in [0.717, 1.165) is 38.4 Å². The summed E-state index contributed by atoms with van der Waals surface area (Å²) in [5.41, 5.74) is 0.506. The van der Waals surface area contributed by atoms with Crippen molar-refractivity contribution in [3.05, 3.63) is 11.9 Å². The smallest absolute Gasteiger partial charge is 0.271 e. The molecule has 6 heteroatoms. The molecule has 2 rings (SSSR count). The fraction of sp³-hybridized carbons (Fsp3) is 0.714. The Kier molecular flexibility index (Phi) is 5.00. The van der Waals surface area contributed by atoms with E-state index < -0.39 is 0 Å². The molecule has 1 amide bonds. The number of aromatic nitrogens is 2. The molecule has 0 aromatic carbocycles. The van der Waals surface area contributed by atoms with Crippen molar-refractivity contribution >= 4 is 11.9 Å². The number of fused-ring (bicyclic) bond motifs is 1. The molecule has 0 aliphatic carbocycles. The van der Waals surface area contributed by atoms with Crippen LogP contribution in [-0.4, -0.2) is 53.1 Å². The number of hydrogen-bond donors (Lipinski definition) is 2. The number of carbonyl (C=O) groups excluding carboxylic acids is 1. The average Bonchev–Trinajstić information content (AvgIpc) is 2.86. The zero-order chi connectivity index (χ0) is 14.5. The van der Waals surface area contributed by atoms with Gasteiger partial charge in [0.1, 0.15) is 5.69 Å². The van der Waals surface area contributed by atoms with Gasteiger partial charge < -0.3 is 20.1 Å². The SMILES string of the molecule is CC(C)N(C)CCCNC(=O)c1cn2c(n1)NCCC2. The van der Waals surface area contributed by atoms with E-state index in [1.807, 2.05) is 10.8 Å². The van der Waals surface area contributed by atoms with Crippen molar-refractivity contribution in [1.29, 1.82) is 0 Å². The van der Waals surface area contributed by atoms with Crippen molar-refractivity contribution in [2.24, 2.45) is 0 Å². The lowest BCUT2D eigenvalue weighted by molar-refractivity contribution is 0.0947. The van der Waals surface area contributed by atoms with Gasteiger partial charge in [0, 0.05) is 31.9 Å². The molecule has 0 unspecified atom stereocenters. The number of amides is 1. The van der Waals surface area contributed by atoms with Gasteiger partial charge in [-0.3, -0.25) is 4.79 Å². The Morgan fingerprint density at radius 2 is 2.40 bits per heavy atom. The van der Waals surface area contributed by atoms with Gasteiger partial charge in [0.25, 0.3) is 5.91 Å². The van der Waals surface area contributed by atoms with Crippen LogP contribution < -0.4 is 10.6 Å². The van der Waals surface area contributed by atoms with Crippen LogP contribution in [0.2, 0.25) is 0 Å². The molecule has 2 N–H and O–H groups in total. The number of imidazole rings is 1. The van der Waals surface area contributed by atoms with Gasteiger partial charge in [-0.1, -0.05) is 0 Å². The molecule has 0 spiro atoms. The molecule has 0 radical (unpaired) electrons. The summed E-state index contributed by atoms with van der Waals surface area (Å²) in [6.45, 7) is 7.87. The lowest BCUT2D eigenvalue weighted by Crippen LogP contribution is -2.31. The molecule has 20 heavy (non-hydrogen) atoms. The lowest BCUT2D eigenvalue weighted by atomic mass is 10.3. The molecule has 0 atom stereocenters. The zero-order valence-electron chi connectivity index (χ0n) is 12.6. The van der Waals surface area contributed by atoms with Crippen molar-refractivity contribution in [1.82, 2.24) is 19.8 Å². The molecule has 6 nitrogen and oxygen atoms in total. The van der Waals surface area contributed by atoms with E-state index in [9.17, 15) is 4.79 Å². The molecule has 0 bridgehead atoms. The van der Waals surface area contributed by atoms with Crippen LogP contribution >= 0.6 is 0 Å². The number of anilines is 1. The summed E-state index contributed by atoms with van der Waals surface area (Å²) < 4.78 is 2.00. The number of carbonyl (C=O) groups is 1. The molecule has 1 aliphatic heterocycles. The topological polar surface area (TPSA) is 62.2 Å². The molecule has 0 saturated heterocycles. The summed E-state index contributed by atoms with van der Waals surface area (Å²) in [6.07, 6.45) is 3.86. The van der Waals surface area contributed by atoms with Crippen molar-refractivity contribution in [3.8, 4) is 0 Å². The van der Waals surface area contributed by atoms with Crippen LogP contribution in [0.3, 0.4) is 0 Å². The molecular weight excluding hydrogens is 254 g/mol. The van der Waals surface area contributed by atoms with Crippen LogP contribution in [-0.2, 0) is 6.54 Å². The summed E-state index contributed by atoms with van der Waals surface area (Å²) in [5, 5.41) is 6.13. The van der Waals surface area contributed by atoms with E-state index in [0.29, 0.717) is 18.3 Å². The van der Waals surface area contributed by atoms with Crippen LogP contribution in [0.25, 0.3) is 0 Å². The maximum Gasteiger partial charge on any atom is 0.271 e. The number of rotatable bonds is 6. The molecule has 1 aromatic heterocycles. The first kappa shape index (κ1) is 14.8. The Bertz CT molecular complexity index is 431. The highest BCUT2D eigenvalue weighted by Gasteiger charge is 2.16. The molecule has 2 heterocycles. The minimum atomic E-state index is -0.0825. The Morgan fingerprint density at radius 1 is 1.60 bits per heavy atom. The fourth-order valence-corrected chi connectivity index (χ4v) is 2.17. The Morgan fingerprint density at radius 3 is 3.10 bits per heavy atom. The third-order valence-electron chi connectivity index (χ3n) is 3.72. The van der Waals surface area contributed by atoms with Gasteiger partial charge in [-0.05, 0) is 40.3 Å². The maximum atomic E-state index is 12.0. The van der Waals surface area contributed by atoms with E-state index in [1.165, 1.54) is 0 Å². The van der Waals surface area contributed by atoms with Crippen LogP contribution in [0.1, 0.15) is 37.2 Å². The van der Waals surface area contributed by atoms with Crippen LogP contribution in [0, 0.1) is 0 Å². The first-order valence-corrected chi connectivity index (χ1v) is 7.37. The third kappa shape index (κ3) is 3.72. The summed E-state index contributed by atoms with van der Waals surface area (Å²) in [6, 6.07) is 0.539. The van der Waals surface area contributed by atoms with Gasteiger partial charge >= 0.3 is 0 Å². The number of nitrogens with zero attached hydrogens (tertiary/aromatic N) is 3. The zero-order valence-corrected chi connectivity index (χ0v) is 12.6. The van der Waals surface area contributed by atoms with Crippen molar-refractivity contribution in [2.75, 3.05) is 32.0 Å². The van der Waals surface area contributed by atoms with E-state index in [2.05, 4.69) is 41.4 Å². The second-order valence-electron chi connectivity index (χ2n) is 5.61. The Labute approximate surface area is 120 Å². The molecule has 1 aliphatic rings. The number of nitrogens with one attached hydrogen (secondary N) is 2.